The van der Waals surface area contributed by atoms with Crippen LogP contribution < -0.4 is 4.74 Å². The van der Waals surface area contributed by atoms with Crippen molar-refractivity contribution in [2.45, 2.75) is 10.9 Å². The first kappa shape index (κ1) is 16.1. The molecule has 0 saturated carbocycles. The first-order chi connectivity index (χ1) is 11.7. The number of hydrogen-bond donors (Lipinski definition) is 1. The van der Waals surface area contributed by atoms with Crippen LogP contribution in [0, 0.1) is 0 Å². The highest BCUT2D eigenvalue weighted by Crippen LogP contribution is 2.25. The van der Waals surface area contributed by atoms with E-state index in [0.29, 0.717) is 16.7 Å². The van der Waals surface area contributed by atoms with Gasteiger partial charge in [-0.3, -0.25) is 5.10 Å². The Kier molecular flexibility index (Phi) is 4.85. The third-order valence-corrected chi connectivity index (χ3v) is 4.20. The molecule has 124 valence electrons. The fourth-order valence-electron chi connectivity index (χ4n) is 2.05. The van der Waals surface area contributed by atoms with Gasteiger partial charge in [-0.1, -0.05) is 11.8 Å². The summed E-state index contributed by atoms with van der Waals surface area (Å²) in [4.78, 5) is 16.0. The minimum atomic E-state index is -0.496. The molecule has 0 amide bonds. The molecule has 0 fully saturated rings. The smallest absolute Gasteiger partial charge is 0.374 e. The zero-order valence-corrected chi connectivity index (χ0v) is 13.9. The van der Waals surface area contributed by atoms with Crippen molar-refractivity contribution in [1.29, 1.82) is 0 Å². The third kappa shape index (κ3) is 3.43. The molecule has 24 heavy (non-hydrogen) atoms. The van der Waals surface area contributed by atoms with Crippen molar-refractivity contribution in [3.63, 3.8) is 0 Å². The molecule has 0 aliphatic heterocycles. The van der Waals surface area contributed by atoms with E-state index in [1.54, 1.807) is 13.2 Å². The lowest BCUT2D eigenvalue weighted by Gasteiger charge is -2.00. The second-order valence-corrected chi connectivity index (χ2v) is 5.69. The summed E-state index contributed by atoms with van der Waals surface area (Å²) in [6, 6.07) is 9.26. The number of nitrogens with one attached hydrogen (secondary N) is 1. The number of esters is 1. The molecule has 0 unspecified atom stereocenters. The molecular weight excluding hydrogens is 330 g/mol. The summed E-state index contributed by atoms with van der Waals surface area (Å²) in [5, 5.41) is 7.66. The van der Waals surface area contributed by atoms with Crippen LogP contribution in [0.3, 0.4) is 0 Å². The number of aromatic nitrogens is 3. The van der Waals surface area contributed by atoms with Crippen LogP contribution in [-0.2, 0) is 10.5 Å². The van der Waals surface area contributed by atoms with Crippen molar-refractivity contribution >= 4 is 17.7 Å². The van der Waals surface area contributed by atoms with Crippen LogP contribution in [0.4, 0.5) is 0 Å². The number of furan rings is 1. The van der Waals surface area contributed by atoms with E-state index in [0.717, 1.165) is 16.9 Å². The second kappa shape index (κ2) is 7.22. The summed E-state index contributed by atoms with van der Waals surface area (Å²) in [5.74, 6) is 1.66. The highest BCUT2D eigenvalue weighted by atomic mass is 32.2. The van der Waals surface area contributed by atoms with Gasteiger partial charge in [0.05, 0.1) is 20.5 Å². The fourth-order valence-corrected chi connectivity index (χ4v) is 2.83. The Balaban J connectivity index is 1.68. The first-order valence-corrected chi connectivity index (χ1v) is 8.04. The van der Waals surface area contributed by atoms with E-state index >= 15 is 0 Å². The monoisotopic (exact) mass is 345 g/mol. The molecule has 3 rings (SSSR count). The van der Waals surface area contributed by atoms with E-state index in [1.165, 1.54) is 25.1 Å². The maximum absolute atomic E-state index is 11.6. The zero-order valence-electron chi connectivity index (χ0n) is 13.1. The van der Waals surface area contributed by atoms with E-state index in [9.17, 15) is 4.79 Å². The predicted molar refractivity (Wildman–Crippen MR) is 88.0 cm³/mol. The molecule has 0 bridgehead atoms. The van der Waals surface area contributed by atoms with Crippen LogP contribution in [0.25, 0.3) is 11.4 Å². The number of aromatic amines is 1. The lowest BCUT2D eigenvalue weighted by Crippen LogP contribution is -2.02. The van der Waals surface area contributed by atoms with E-state index < -0.39 is 5.97 Å². The van der Waals surface area contributed by atoms with E-state index in [1.807, 2.05) is 24.3 Å². The number of hydrogen-bond acceptors (Lipinski definition) is 7. The number of ether oxygens (including phenoxy) is 2. The lowest BCUT2D eigenvalue weighted by atomic mass is 10.2. The van der Waals surface area contributed by atoms with Gasteiger partial charge in [0, 0.05) is 16.9 Å². The van der Waals surface area contributed by atoms with Gasteiger partial charge in [-0.2, -0.15) is 0 Å². The number of H-pyrrole nitrogens is 1. The Morgan fingerprint density at radius 3 is 2.75 bits per heavy atom. The van der Waals surface area contributed by atoms with Gasteiger partial charge < -0.3 is 13.9 Å². The minimum absolute atomic E-state index is 0.205. The van der Waals surface area contributed by atoms with Gasteiger partial charge in [0.25, 0.3) is 0 Å². The van der Waals surface area contributed by atoms with Crippen molar-refractivity contribution in [1.82, 2.24) is 15.2 Å². The number of thioether (sulfide) groups is 1. The summed E-state index contributed by atoms with van der Waals surface area (Å²) in [6.07, 6.45) is 1.46. The van der Waals surface area contributed by atoms with Gasteiger partial charge in [-0.25, -0.2) is 9.78 Å². The van der Waals surface area contributed by atoms with Crippen molar-refractivity contribution in [3.8, 4) is 17.1 Å². The maximum Gasteiger partial charge on any atom is 0.374 e. The van der Waals surface area contributed by atoms with Crippen LogP contribution in [0.1, 0.15) is 16.1 Å². The Morgan fingerprint density at radius 2 is 2.04 bits per heavy atom. The standard InChI is InChI=1S/C16H15N3O4S/c1-21-12-5-3-10(4-6-12)14-17-16(19-18-14)24-9-11-7-8-23-13(11)15(20)22-2/h3-8H,9H2,1-2H3,(H,17,18,19). The molecule has 0 saturated heterocycles. The van der Waals surface area contributed by atoms with Crippen molar-refractivity contribution < 1.29 is 18.7 Å². The van der Waals surface area contributed by atoms with E-state index in [-0.39, 0.29) is 5.76 Å². The summed E-state index contributed by atoms with van der Waals surface area (Å²) >= 11 is 1.40. The van der Waals surface area contributed by atoms with Crippen LogP contribution >= 0.6 is 11.8 Å². The van der Waals surface area contributed by atoms with Gasteiger partial charge in [-0.15, -0.1) is 5.10 Å². The van der Waals surface area contributed by atoms with Crippen LogP contribution in [0.15, 0.2) is 46.2 Å². The summed E-state index contributed by atoms with van der Waals surface area (Å²) in [6.45, 7) is 0. The van der Waals surface area contributed by atoms with Crippen LogP contribution in [0.5, 0.6) is 5.75 Å². The summed E-state index contributed by atoms with van der Waals surface area (Å²) in [7, 11) is 2.94. The van der Waals surface area contributed by atoms with E-state index in [4.69, 9.17) is 9.15 Å². The molecule has 3 aromatic rings. The number of benzene rings is 1. The summed E-state index contributed by atoms with van der Waals surface area (Å²) < 4.78 is 15.0. The van der Waals surface area contributed by atoms with Crippen molar-refractivity contribution in [3.05, 3.63) is 47.9 Å². The molecule has 0 aliphatic rings. The number of nitrogens with zero attached hydrogens (tertiary/aromatic N) is 2. The molecule has 8 heteroatoms. The molecule has 0 aliphatic carbocycles. The Bertz CT molecular complexity index is 826. The van der Waals surface area contributed by atoms with Gasteiger partial charge in [0.15, 0.2) is 5.82 Å². The van der Waals surface area contributed by atoms with Gasteiger partial charge in [-0.05, 0) is 30.3 Å². The SMILES string of the molecule is COC(=O)c1occc1CSc1n[nH]c(-c2ccc(OC)cc2)n1. The van der Waals surface area contributed by atoms with Crippen molar-refractivity contribution in [2.75, 3.05) is 14.2 Å². The fraction of sp³-hybridized carbons (Fsp3) is 0.188. The molecular formula is C16H15N3O4S. The van der Waals surface area contributed by atoms with E-state index in [2.05, 4.69) is 19.9 Å². The molecule has 2 heterocycles. The topological polar surface area (TPSA) is 90.2 Å². The Hall–Kier alpha value is -2.74. The summed E-state index contributed by atoms with van der Waals surface area (Å²) in [5.41, 5.74) is 1.65. The Morgan fingerprint density at radius 1 is 1.25 bits per heavy atom. The second-order valence-electron chi connectivity index (χ2n) is 4.75. The Labute approximate surface area is 142 Å². The molecule has 2 aromatic heterocycles. The van der Waals surface area contributed by atoms with Crippen LogP contribution in [-0.4, -0.2) is 35.4 Å². The first-order valence-electron chi connectivity index (χ1n) is 7.05. The number of methoxy groups -OCH3 is 2. The molecule has 0 radical (unpaired) electrons. The zero-order chi connectivity index (χ0) is 16.9. The number of carbonyl (C=O) groups excluding carboxylic acids is 1. The number of rotatable bonds is 6. The molecule has 7 nitrogen and oxygen atoms in total. The van der Waals surface area contributed by atoms with Crippen molar-refractivity contribution in [2.24, 2.45) is 0 Å². The van der Waals surface area contributed by atoms with Gasteiger partial charge in [0.2, 0.25) is 10.9 Å². The highest BCUT2D eigenvalue weighted by Gasteiger charge is 2.16. The largest absolute Gasteiger partial charge is 0.497 e. The highest BCUT2D eigenvalue weighted by molar-refractivity contribution is 7.98. The molecule has 1 aromatic carbocycles. The molecule has 0 spiro atoms. The van der Waals surface area contributed by atoms with Gasteiger partial charge >= 0.3 is 5.97 Å². The average molecular weight is 345 g/mol. The molecule has 1 N–H and O–H groups in total. The maximum atomic E-state index is 11.6. The normalized spacial score (nSPS) is 10.6. The third-order valence-electron chi connectivity index (χ3n) is 3.30. The van der Waals surface area contributed by atoms with Crippen LogP contribution in [0.2, 0.25) is 0 Å². The minimum Gasteiger partial charge on any atom is -0.497 e. The number of carbonyl (C=O) groups is 1. The lowest BCUT2D eigenvalue weighted by molar-refractivity contribution is 0.0564. The molecule has 0 atom stereocenters. The average Bonchev–Trinajstić information content (AvgIpc) is 3.28. The quantitative estimate of drug-likeness (QED) is 0.542. The predicted octanol–water partition coefficient (Wildman–Crippen LogP) is 3.15. The van der Waals surface area contributed by atoms with Gasteiger partial charge in [0.1, 0.15) is 5.75 Å².